The van der Waals surface area contributed by atoms with Crippen molar-refractivity contribution < 1.29 is 38.8 Å². The molecule has 10 heteroatoms. The predicted molar refractivity (Wildman–Crippen MR) is 137 cm³/mol. The fraction of sp³-hybridized carbons (Fsp3) is 0.679. The number of amides is 2. The lowest BCUT2D eigenvalue weighted by molar-refractivity contribution is -0.173. The van der Waals surface area contributed by atoms with Crippen LogP contribution in [0.25, 0.3) is 0 Å². The number of carbonyl (C=O) groups is 3. The molecule has 0 radical (unpaired) electrons. The predicted octanol–water partition coefficient (Wildman–Crippen LogP) is 2.35. The van der Waals surface area contributed by atoms with Crippen LogP contribution in [0.2, 0.25) is 0 Å². The average molecular weight is 533 g/mol. The highest BCUT2D eigenvalue weighted by Crippen LogP contribution is 2.62. The first-order valence-electron chi connectivity index (χ1n) is 13.3. The minimum Gasteiger partial charge on any atom is -0.497 e. The molecule has 4 atom stereocenters. The van der Waals surface area contributed by atoms with Crippen LogP contribution in [0.5, 0.6) is 5.75 Å². The summed E-state index contributed by atoms with van der Waals surface area (Å²) in [6.07, 6.45) is -0.0673. The van der Waals surface area contributed by atoms with Gasteiger partial charge in [-0.15, -0.1) is 0 Å². The fourth-order valence-corrected chi connectivity index (χ4v) is 7.02. The third-order valence-electron chi connectivity index (χ3n) is 8.38. The van der Waals surface area contributed by atoms with Crippen molar-refractivity contribution in [2.24, 2.45) is 17.3 Å². The highest BCUT2D eigenvalue weighted by Gasteiger charge is 2.74. The van der Waals surface area contributed by atoms with E-state index in [9.17, 15) is 24.6 Å². The first-order chi connectivity index (χ1) is 18.0. The monoisotopic (exact) mass is 532 g/mol. The van der Waals surface area contributed by atoms with Gasteiger partial charge in [0.1, 0.15) is 11.4 Å². The molecule has 210 valence electrons. The van der Waals surface area contributed by atoms with E-state index in [0.29, 0.717) is 12.2 Å². The minimum atomic E-state index is -1.21. The van der Waals surface area contributed by atoms with Crippen molar-refractivity contribution in [3.63, 3.8) is 0 Å². The number of hydrogen-bond donors (Lipinski definition) is 2. The van der Waals surface area contributed by atoms with E-state index >= 15 is 0 Å². The lowest BCUT2D eigenvalue weighted by Gasteiger charge is -2.62. The lowest BCUT2D eigenvalue weighted by Crippen LogP contribution is -2.75. The van der Waals surface area contributed by atoms with E-state index in [-0.39, 0.29) is 44.4 Å². The van der Waals surface area contributed by atoms with Gasteiger partial charge in [-0.1, -0.05) is 12.1 Å². The number of carbonyl (C=O) groups excluding carboxylic acids is 3. The maximum absolute atomic E-state index is 14.1. The molecule has 3 fully saturated rings. The summed E-state index contributed by atoms with van der Waals surface area (Å²) in [5, 5.41) is 21.4. The van der Waals surface area contributed by atoms with Gasteiger partial charge in [-0.25, -0.2) is 4.79 Å². The number of aliphatic hydroxyl groups excluding tert-OH is 2. The summed E-state index contributed by atoms with van der Waals surface area (Å²) in [5.41, 5.74) is -2.35. The third kappa shape index (κ3) is 4.62. The molecule has 1 aromatic carbocycles. The summed E-state index contributed by atoms with van der Waals surface area (Å²) < 4.78 is 16.4. The molecule has 0 aromatic heterocycles. The Bertz CT molecular complexity index is 1050. The molecule has 3 aliphatic rings. The van der Waals surface area contributed by atoms with Gasteiger partial charge in [0, 0.05) is 24.4 Å². The van der Waals surface area contributed by atoms with E-state index in [0.717, 1.165) is 5.56 Å². The van der Waals surface area contributed by atoms with Gasteiger partial charge in [-0.3, -0.25) is 9.59 Å². The van der Waals surface area contributed by atoms with E-state index in [2.05, 4.69) is 0 Å². The number of aliphatic hydroxyl groups is 2. The summed E-state index contributed by atoms with van der Waals surface area (Å²) in [5.74, 6) is -0.719. The van der Waals surface area contributed by atoms with E-state index < -0.39 is 53.8 Å². The number of piperidine rings is 1. The quantitative estimate of drug-likeness (QED) is 0.489. The number of benzene rings is 1. The molecule has 0 spiro atoms. The minimum absolute atomic E-state index is 0.144. The SMILES string of the molecule is CCOC(=O)C[C@]12[C@@H]3CCN(C(=O)OC(C)(C)C)[C@H]1C(CO)(CO)C[C@@H]3C(=O)N2Cc1ccc(OC)cc1. The van der Waals surface area contributed by atoms with Crippen molar-refractivity contribution >= 4 is 18.0 Å². The van der Waals surface area contributed by atoms with Gasteiger partial charge >= 0.3 is 12.1 Å². The van der Waals surface area contributed by atoms with Crippen molar-refractivity contribution in [1.29, 1.82) is 0 Å². The van der Waals surface area contributed by atoms with Crippen LogP contribution in [-0.4, -0.2) is 88.6 Å². The number of methoxy groups -OCH3 is 1. The maximum atomic E-state index is 14.1. The Hall–Kier alpha value is -2.85. The Kier molecular flexibility index (Phi) is 7.69. The van der Waals surface area contributed by atoms with E-state index in [1.807, 2.05) is 12.1 Å². The fourth-order valence-electron chi connectivity index (χ4n) is 7.02. The Labute approximate surface area is 223 Å². The summed E-state index contributed by atoms with van der Waals surface area (Å²) in [4.78, 5) is 44.1. The number of nitrogens with zero attached hydrogens (tertiary/aromatic N) is 2. The molecule has 4 bridgehead atoms. The second kappa shape index (κ2) is 10.4. The number of esters is 1. The number of rotatable bonds is 8. The van der Waals surface area contributed by atoms with Crippen molar-refractivity contribution in [3.05, 3.63) is 29.8 Å². The second-order valence-corrected chi connectivity index (χ2v) is 11.7. The van der Waals surface area contributed by atoms with Crippen molar-refractivity contribution in [2.45, 2.75) is 70.7 Å². The summed E-state index contributed by atoms with van der Waals surface area (Å²) >= 11 is 0. The summed E-state index contributed by atoms with van der Waals surface area (Å²) in [6.45, 7) is 6.76. The van der Waals surface area contributed by atoms with Crippen LogP contribution in [0.1, 0.15) is 52.5 Å². The first-order valence-corrected chi connectivity index (χ1v) is 13.3. The van der Waals surface area contributed by atoms with Crippen LogP contribution in [0.3, 0.4) is 0 Å². The summed E-state index contributed by atoms with van der Waals surface area (Å²) in [6, 6.07) is 6.47. The molecular weight excluding hydrogens is 492 g/mol. The van der Waals surface area contributed by atoms with Gasteiger partial charge in [0.05, 0.1) is 44.9 Å². The van der Waals surface area contributed by atoms with Gasteiger partial charge in [-0.05, 0) is 64.2 Å². The summed E-state index contributed by atoms with van der Waals surface area (Å²) in [7, 11) is 1.58. The van der Waals surface area contributed by atoms with Crippen LogP contribution in [0.4, 0.5) is 4.79 Å². The van der Waals surface area contributed by atoms with Crippen molar-refractivity contribution in [2.75, 3.05) is 33.5 Å². The van der Waals surface area contributed by atoms with Crippen LogP contribution < -0.4 is 4.74 Å². The zero-order chi connectivity index (χ0) is 27.9. The lowest BCUT2D eigenvalue weighted by atomic mass is 9.52. The van der Waals surface area contributed by atoms with Crippen LogP contribution >= 0.6 is 0 Å². The second-order valence-electron chi connectivity index (χ2n) is 11.7. The van der Waals surface area contributed by atoms with Gasteiger partial charge in [0.15, 0.2) is 0 Å². The normalized spacial score (nSPS) is 27.8. The molecule has 2 heterocycles. The molecule has 1 saturated carbocycles. The van der Waals surface area contributed by atoms with Crippen LogP contribution in [0, 0.1) is 17.3 Å². The molecule has 1 aromatic rings. The van der Waals surface area contributed by atoms with Gasteiger partial charge < -0.3 is 34.2 Å². The molecular formula is C28H40N2O8. The molecule has 4 rings (SSSR count). The van der Waals surface area contributed by atoms with Crippen LogP contribution in [0.15, 0.2) is 24.3 Å². The van der Waals surface area contributed by atoms with E-state index in [4.69, 9.17) is 14.2 Å². The maximum Gasteiger partial charge on any atom is 0.410 e. The van der Waals surface area contributed by atoms with E-state index in [1.165, 1.54) is 4.90 Å². The zero-order valence-corrected chi connectivity index (χ0v) is 22.9. The van der Waals surface area contributed by atoms with Crippen molar-refractivity contribution in [3.8, 4) is 5.75 Å². The van der Waals surface area contributed by atoms with Crippen molar-refractivity contribution in [1.82, 2.24) is 9.80 Å². The number of likely N-dealkylation sites (tertiary alicyclic amines) is 2. The molecule has 2 amide bonds. The molecule has 2 aliphatic heterocycles. The Balaban J connectivity index is 1.88. The largest absolute Gasteiger partial charge is 0.497 e. The Morgan fingerprint density at radius 1 is 1.13 bits per heavy atom. The van der Waals surface area contributed by atoms with Crippen LogP contribution in [-0.2, 0) is 25.6 Å². The Morgan fingerprint density at radius 2 is 1.79 bits per heavy atom. The molecule has 1 aliphatic carbocycles. The van der Waals surface area contributed by atoms with Gasteiger partial charge in [-0.2, -0.15) is 0 Å². The molecule has 10 nitrogen and oxygen atoms in total. The molecule has 2 saturated heterocycles. The van der Waals surface area contributed by atoms with Gasteiger partial charge in [0.2, 0.25) is 5.91 Å². The smallest absolute Gasteiger partial charge is 0.410 e. The molecule has 38 heavy (non-hydrogen) atoms. The highest BCUT2D eigenvalue weighted by molar-refractivity contribution is 5.87. The standard InChI is InChI=1S/C28H40N2O8/c1-6-37-22(33)14-28-21-11-12-29(25(35)38-26(2,3)4)24(28)27(16-31,17-32)13-20(21)23(34)30(28)15-18-7-9-19(36-5)10-8-18/h7-10,20-21,24,31-32H,6,11-17H2,1-5H3/t20-,21+,24-,28-/m0/s1. The Morgan fingerprint density at radius 3 is 2.34 bits per heavy atom. The first kappa shape index (κ1) is 28.2. The highest BCUT2D eigenvalue weighted by atomic mass is 16.6. The average Bonchev–Trinajstić information content (AvgIpc) is 3.02. The number of ether oxygens (including phenoxy) is 3. The van der Waals surface area contributed by atoms with Gasteiger partial charge in [0.25, 0.3) is 0 Å². The third-order valence-corrected chi connectivity index (χ3v) is 8.38. The van der Waals surface area contributed by atoms with E-state index in [1.54, 1.807) is 51.8 Å². The molecule has 2 N–H and O–H groups in total. The topological polar surface area (TPSA) is 126 Å². The zero-order valence-electron chi connectivity index (χ0n) is 22.9. The molecule has 0 unspecified atom stereocenters. The number of hydrogen-bond acceptors (Lipinski definition) is 8.